The van der Waals surface area contributed by atoms with Crippen molar-refractivity contribution >= 4 is 17.6 Å². The molecule has 37 heavy (non-hydrogen) atoms. The van der Waals surface area contributed by atoms with Crippen LogP contribution < -0.4 is 21.5 Å². The second-order valence-electron chi connectivity index (χ2n) is 9.03. The van der Waals surface area contributed by atoms with Crippen molar-refractivity contribution in [2.45, 2.75) is 38.6 Å². The van der Waals surface area contributed by atoms with Crippen LogP contribution in [0.1, 0.15) is 48.2 Å². The number of aromatic nitrogens is 2. The molecule has 5 rings (SSSR count). The molecule has 9 nitrogen and oxygen atoms in total. The smallest absolute Gasteiger partial charge is 0.267 e. The van der Waals surface area contributed by atoms with Crippen LogP contribution in [0.2, 0.25) is 0 Å². The standard InChI is InChI=1S/C23H24FN5O2.C4H7NO/c24-17-5-7-18(8-6-17)31-20-9-4-15(12-16(20)14-29-10-2-1-3-11-29)23-27-19(22(26)30)13-21(25)28-23;6-4-2-1-3-5-4/h4-9,12-13H,1-3,10-11,14H2,(H2,26,30)(H2,25,27,28);1-3H2,(H,5,6). The van der Waals surface area contributed by atoms with Gasteiger partial charge in [-0.05, 0) is 74.8 Å². The van der Waals surface area contributed by atoms with Crippen molar-refractivity contribution in [2.75, 3.05) is 25.4 Å². The Labute approximate surface area is 215 Å². The number of likely N-dealkylation sites (tertiary alicyclic amines) is 1. The number of nitrogens with zero attached hydrogens (tertiary/aromatic N) is 3. The van der Waals surface area contributed by atoms with Crippen molar-refractivity contribution in [1.29, 1.82) is 0 Å². The number of carbonyl (C=O) groups excluding carboxylic acids is 2. The van der Waals surface area contributed by atoms with Gasteiger partial charge < -0.3 is 21.5 Å². The highest BCUT2D eigenvalue weighted by Gasteiger charge is 2.17. The van der Waals surface area contributed by atoms with E-state index >= 15 is 0 Å². The van der Waals surface area contributed by atoms with Gasteiger partial charge in [-0.3, -0.25) is 14.5 Å². The van der Waals surface area contributed by atoms with Crippen LogP contribution in [-0.2, 0) is 11.3 Å². The first-order valence-electron chi connectivity index (χ1n) is 12.4. The van der Waals surface area contributed by atoms with E-state index in [-0.39, 0.29) is 23.2 Å². The summed E-state index contributed by atoms with van der Waals surface area (Å²) < 4.78 is 19.3. The molecule has 0 bridgehead atoms. The zero-order valence-corrected chi connectivity index (χ0v) is 20.6. The van der Waals surface area contributed by atoms with Gasteiger partial charge >= 0.3 is 0 Å². The number of nitrogens with two attached hydrogens (primary N) is 2. The molecule has 0 unspecified atom stereocenters. The van der Waals surface area contributed by atoms with E-state index in [0.29, 0.717) is 29.4 Å². The predicted molar refractivity (Wildman–Crippen MR) is 138 cm³/mol. The zero-order chi connectivity index (χ0) is 26.2. The van der Waals surface area contributed by atoms with Crippen LogP contribution in [-0.4, -0.2) is 46.3 Å². The Hall–Kier alpha value is -4.05. The lowest BCUT2D eigenvalue weighted by molar-refractivity contribution is -0.119. The maximum atomic E-state index is 13.3. The molecule has 5 N–H and O–H groups in total. The number of carbonyl (C=O) groups is 2. The van der Waals surface area contributed by atoms with Crippen molar-refractivity contribution in [3.63, 3.8) is 0 Å². The fourth-order valence-electron chi connectivity index (χ4n) is 4.22. The minimum absolute atomic E-state index is 0.0618. The molecule has 2 aliphatic heterocycles. The summed E-state index contributed by atoms with van der Waals surface area (Å²) in [5, 5.41) is 2.68. The molecule has 2 fully saturated rings. The van der Waals surface area contributed by atoms with E-state index in [4.69, 9.17) is 16.2 Å². The Morgan fingerprint density at radius 3 is 2.41 bits per heavy atom. The third-order valence-corrected chi connectivity index (χ3v) is 6.10. The van der Waals surface area contributed by atoms with Gasteiger partial charge in [-0.25, -0.2) is 14.4 Å². The number of ether oxygens (including phenoxy) is 1. The van der Waals surface area contributed by atoms with Gasteiger partial charge in [-0.15, -0.1) is 0 Å². The molecule has 2 aliphatic rings. The van der Waals surface area contributed by atoms with Gasteiger partial charge in [0, 0.05) is 36.7 Å². The van der Waals surface area contributed by atoms with Crippen molar-refractivity contribution < 1.29 is 18.7 Å². The lowest BCUT2D eigenvalue weighted by Gasteiger charge is -2.27. The number of hydrogen-bond donors (Lipinski definition) is 3. The summed E-state index contributed by atoms with van der Waals surface area (Å²) in [7, 11) is 0. The largest absolute Gasteiger partial charge is 0.457 e. The van der Waals surface area contributed by atoms with Crippen LogP contribution in [0.15, 0.2) is 48.5 Å². The molecular formula is C27H31FN6O3. The number of rotatable bonds is 6. The van der Waals surface area contributed by atoms with E-state index in [1.54, 1.807) is 18.2 Å². The van der Waals surface area contributed by atoms with Gasteiger partial charge in [0.1, 0.15) is 28.8 Å². The molecule has 3 aromatic rings. The van der Waals surface area contributed by atoms with Crippen molar-refractivity contribution in [1.82, 2.24) is 20.2 Å². The van der Waals surface area contributed by atoms with E-state index in [1.165, 1.54) is 24.6 Å². The molecule has 0 aliphatic carbocycles. The number of nitrogen functional groups attached to an aromatic ring is 1. The van der Waals surface area contributed by atoms with E-state index < -0.39 is 5.91 Å². The normalized spacial score (nSPS) is 15.4. The highest BCUT2D eigenvalue weighted by atomic mass is 19.1. The molecule has 2 saturated heterocycles. The van der Waals surface area contributed by atoms with Gasteiger partial charge in [-0.2, -0.15) is 0 Å². The minimum atomic E-state index is -0.667. The van der Waals surface area contributed by atoms with Crippen molar-refractivity contribution in [3.8, 4) is 22.9 Å². The number of piperidine rings is 1. The third kappa shape index (κ3) is 7.47. The van der Waals surface area contributed by atoms with Gasteiger partial charge in [-0.1, -0.05) is 6.42 Å². The van der Waals surface area contributed by atoms with Crippen LogP contribution in [0.4, 0.5) is 10.2 Å². The number of halogens is 1. The maximum absolute atomic E-state index is 13.3. The van der Waals surface area contributed by atoms with E-state index in [1.807, 2.05) is 12.1 Å². The molecule has 0 atom stereocenters. The second kappa shape index (κ2) is 12.3. The van der Waals surface area contributed by atoms with Gasteiger partial charge in [0.15, 0.2) is 5.82 Å². The zero-order valence-electron chi connectivity index (χ0n) is 20.6. The maximum Gasteiger partial charge on any atom is 0.267 e. The molecule has 2 aromatic carbocycles. The average molecular weight is 507 g/mol. The Morgan fingerprint density at radius 1 is 1.03 bits per heavy atom. The van der Waals surface area contributed by atoms with Gasteiger partial charge in [0.2, 0.25) is 5.91 Å². The molecule has 0 spiro atoms. The first-order chi connectivity index (χ1) is 17.9. The number of hydrogen-bond acceptors (Lipinski definition) is 7. The number of benzene rings is 2. The lowest BCUT2D eigenvalue weighted by Crippen LogP contribution is -2.29. The monoisotopic (exact) mass is 506 g/mol. The lowest BCUT2D eigenvalue weighted by atomic mass is 10.1. The first kappa shape index (κ1) is 26.0. The average Bonchev–Trinajstić information content (AvgIpc) is 3.38. The molecular weight excluding hydrogens is 475 g/mol. The molecule has 194 valence electrons. The van der Waals surface area contributed by atoms with Crippen LogP contribution in [0.3, 0.4) is 0 Å². The minimum Gasteiger partial charge on any atom is -0.457 e. The van der Waals surface area contributed by atoms with Crippen molar-refractivity contribution in [3.05, 3.63) is 65.6 Å². The number of amides is 2. The number of nitrogens with one attached hydrogen (secondary N) is 1. The summed E-state index contributed by atoms with van der Waals surface area (Å²) in [6, 6.07) is 12.8. The fraction of sp³-hybridized carbons (Fsp3) is 0.333. The van der Waals surface area contributed by atoms with Crippen LogP contribution in [0.5, 0.6) is 11.5 Å². The Bertz CT molecular complexity index is 1240. The third-order valence-electron chi connectivity index (χ3n) is 6.10. The molecule has 0 saturated carbocycles. The SMILES string of the molecule is NC(=O)c1cc(N)nc(-c2ccc(Oc3ccc(F)cc3)c(CN3CCCCC3)c2)n1.O=C1CCCN1. The topological polar surface area (TPSA) is 136 Å². The molecule has 2 amide bonds. The van der Waals surface area contributed by atoms with Gasteiger partial charge in [0.25, 0.3) is 5.91 Å². The number of anilines is 1. The second-order valence-corrected chi connectivity index (χ2v) is 9.03. The summed E-state index contributed by atoms with van der Waals surface area (Å²) in [6.45, 7) is 3.61. The first-order valence-corrected chi connectivity index (χ1v) is 12.4. The van der Waals surface area contributed by atoms with Crippen LogP contribution >= 0.6 is 0 Å². The quantitative estimate of drug-likeness (QED) is 0.464. The summed E-state index contributed by atoms with van der Waals surface area (Å²) >= 11 is 0. The van der Waals surface area contributed by atoms with E-state index in [2.05, 4.69) is 20.2 Å². The Kier molecular flexibility index (Phi) is 8.63. The van der Waals surface area contributed by atoms with Crippen molar-refractivity contribution in [2.24, 2.45) is 5.73 Å². The highest BCUT2D eigenvalue weighted by molar-refractivity contribution is 5.91. The Balaban J connectivity index is 0.000000469. The van der Waals surface area contributed by atoms with E-state index in [0.717, 1.165) is 50.9 Å². The predicted octanol–water partition coefficient (Wildman–Crippen LogP) is 3.64. The van der Waals surface area contributed by atoms with Crippen LogP contribution in [0.25, 0.3) is 11.4 Å². The molecule has 0 radical (unpaired) electrons. The summed E-state index contributed by atoms with van der Waals surface area (Å²) in [5.74, 6) is 0.922. The summed E-state index contributed by atoms with van der Waals surface area (Å²) in [5.41, 5.74) is 12.9. The van der Waals surface area contributed by atoms with E-state index in [9.17, 15) is 14.0 Å². The highest BCUT2D eigenvalue weighted by Crippen LogP contribution is 2.31. The summed E-state index contributed by atoms with van der Waals surface area (Å²) in [6.07, 6.45) is 5.32. The Morgan fingerprint density at radius 2 is 1.78 bits per heavy atom. The number of primary amides is 1. The van der Waals surface area contributed by atoms with Gasteiger partial charge in [0.05, 0.1) is 0 Å². The summed E-state index contributed by atoms with van der Waals surface area (Å²) in [4.78, 5) is 32.6. The fourth-order valence-corrected chi connectivity index (χ4v) is 4.22. The molecule has 1 aromatic heterocycles. The molecule has 10 heteroatoms. The molecule has 3 heterocycles. The van der Waals surface area contributed by atoms with Crippen LogP contribution in [0, 0.1) is 5.82 Å².